The Morgan fingerprint density at radius 3 is 2.09 bits per heavy atom. The largest absolute Gasteiger partial charge is 0.120 e. The molecule has 0 amide bonds. The molecule has 0 spiro atoms. The second-order valence-corrected chi connectivity index (χ2v) is 7.35. The van der Waals surface area contributed by atoms with Gasteiger partial charge in [-0.3, -0.25) is 0 Å². The van der Waals surface area contributed by atoms with Crippen LogP contribution in [0.5, 0.6) is 0 Å². The number of hydrogen-bond donors (Lipinski definition) is 0. The molecule has 0 saturated carbocycles. The molecule has 0 aromatic carbocycles. The molecule has 2 unspecified atom stereocenters. The van der Waals surface area contributed by atoms with E-state index in [-0.39, 0.29) is 0 Å². The van der Waals surface area contributed by atoms with Gasteiger partial charge in [-0.15, -0.1) is 12.3 Å². The van der Waals surface area contributed by atoms with Gasteiger partial charge in [0.05, 0.1) is 0 Å². The summed E-state index contributed by atoms with van der Waals surface area (Å²) in [5.74, 6) is 4.41. The van der Waals surface area contributed by atoms with E-state index >= 15 is 0 Å². The van der Waals surface area contributed by atoms with E-state index in [9.17, 15) is 0 Å². The van der Waals surface area contributed by atoms with Gasteiger partial charge in [0.25, 0.3) is 0 Å². The molecule has 0 aliphatic heterocycles. The highest BCUT2D eigenvalue weighted by atomic mass is 14.1. The van der Waals surface area contributed by atoms with E-state index < -0.39 is 0 Å². The molecule has 0 nitrogen and oxygen atoms in total. The zero-order valence-corrected chi connectivity index (χ0v) is 15.8. The third-order valence-corrected chi connectivity index (χ3v) is 4.44. The second kappa shape index (κ2) is 13.7. The molecular formula is C22H38. The molecule has 0 saturated heterocycles. The van der Waals surface area contributed by atoms with Crippen LogP contribution in [0, 0.1) is 24.2 Å². The summed E-state index contributed by atoms with van der Waals surface area (Å²) in [6, 6.07) is 0. The maximum atomic E-state index is 5.28. The molecule has 0 heterocycles. The zero-order valence-electron chi connectivity index (χ0n) is 15.8. The molecule has 0 aromatic rings. The summed E-state index contributed by atoms with van der Waals surface area (Å²) >= 11 is 0. The van der Waals surface area contributed by atoms with Gasteiger partial charge in [-0.1, -0.05) is 62.8 Å². The van der Waals surface area contributed by atoms with Crippen molar-refractivity contribution in [1.29, 1.82) is 0 Å². The van der Waals surface area contributed by atoms with Crippen molar-refractivity contribution in [2.45, 2.75) is 92.4 Å². The number of hydrogen-bond acceptors (Lipinski definition) is 0. The normalized spacial score (nSPS) is 14.3. The van der Waals surface area contributed by atoms with E-state index in [1.54, 1.807) is 0 Å². The summed E-state index contributed by atoms with van der Waals surface area (Å²) in [6.45, 7) is 11.4. The van der Waals surface area contributed by atoms with E-state index in [1.807, 2.05) is 0 Å². The van der Waals surface area contributed by atoms with Gasteiger partial charge in [-0.05, 0) is 58.3 Å². The van der Waals surface area contributed by atoms with Crippen molar-refractivity contribution in [2.75, 3.05) is 0 Å². The molecule has 2 atom stereocenters. The average molecular weight is 303 g/mol. The Kier molecular flexibility index (Phi) is 13.1. The van der Waals surface area contributed by atoms with Gasteiger partial charge in [0.15, 0.2) is 0 Å². The van der Waals surface area contributed by atoms with E-state index in [0.29, 0.717) is 0 Å². The zero-order chi connectivity index (χ0) is 16.8. The van der Waals surface area contributed by atoms with Crippen LogP contribution in [0.4, 0.5) is 0 Å². The van der Waals surface area contributed by atoms with Gasteiger partial charge in [0, 0.05) is 6.42 Å². The Morgan fingerprint density at radius 2 is 1.50 bits per heavy atom. The molecule has 0 N–H and O–H groups in total. The summed E-state index contributed by atoms with van der Waals surface area (Å²) in [7, 11) is 0. The number of rotatable bonds is 12. The summed E-state index contributed by atoms with van der Waals surface area (Å²) in [5.41, 5.74) is 2.91. The Bertz CT molecular complexity index is 360. The summed E-state index contributed by atoms with van der Waals surface area (Å²) in [5, 5.41) is 0. The van der Waals surface area contributed by atoms with Gasteiger partial charge >= 0.3 is 0 Å². The van der Waals surface area contributed by atoms with Crippen LogP contribution in [-0.4, -0.2) is 0 Å². The predicted octanol–water partition coefficient (Wildman–Crippen LogP) is 7.32. The van der Waals surface area contributed by atoms with Crippen LogP contribution < -0.4 is 0 Å². The molecule has 0 bridgehead atoms. The van der Waals surface area contributed by atoms with Crippen molar-refractivity contribution < 1.29 is 0 Å². The maximum absolute atomic E-state index is 5.28. The van der Waals surface area contributed by atoms with Crippen molar-refractivity contribution in [1.82, 2.24) is 0 Å². The minimum Gasteiger partial charge on any atom is -0.120 e. The topological polar surface area (TPSA) is 0 Å². The van der Waals surface area contributed by atoms with Crippen molar-refractivity contribution >= 4 is 0 Å². The van der Waals surface area contributed by atoms with Crippen LogP contribution in [0.3, 0.4) is 0 Å². The predicted molar refractivity (Wildman–Crippen MR) is 102 cm³/mol. The summed E-state index contributed by atoms with van der Waals surface area (Å²) in [4.78, 5) is 0. The minimum absolute atomic E-state index is 0.784. The fourth-order valence-electron chi connectivity index (χ4n) is 2.82. The lowest BCUT2D eigenvalue weighted by Crippen LogP contribution is -1.99. The standard InChI is InChI=1S/C22H38/c1-7-8-13-20(4)15-10-17-22(6)18-11-16-21(5)14-9-12-19(2)3/h1,12-13,21-22H,8-11,14-18H2,2-6H3. The van der Waals surface area contributed by atoms with Gasteiger partial charge in [-0.2, -0.15) is 0 Å². The minimum atomic E-state index is 0.784. The number of allylic oxidation sites excluding steroid dienone is 4. The van der Waals surface area contributed by atoms with E-state index in [1.165, 1.54) is 62.5 Å². The third kappa shape index (κ3) is 14.0. The van der Waals surface area contributed by atoms with Crippen molar-refractivity contribution in [2.24, 2.45) is 11.8 Å². The van der Waals surface area contributed by atoms with Gasteiger partial charge in [0.2, 0.25) is 0 Å². The Hall–Kier alpha value is -0.960. The molecule has 126 valence electrons. The third-order valence-electron chi connectivity index (χ3n) is 4.44. The van der Waals surface area contributed by atoms with Crippen LogP contribution in [0.15, 0.2) is 23.3 Å². The molecule has 22 heavy (non-hydrogen) atoms. The molecule has 0 aromatic heterocycles. The monoisotopic (exact) mass is 302 g/mol. The Balaban J connectivity index is 3.63. The van der Waals surface area contributed by atoms with Gasteiger partial charge in [-0.25, -0.2) is 0 Å². The molecule has 0 radical (unpaired) electrons. The lowest BCUT2D eigenvalue weighted by atomic mass is 9.92. The molecular weight excluding hydrogens is 264 g/mol. The second-order valence-electron chi connectivity index (χ2n) is 7.35. The molecule has 0 aliphatic carbocycles. The lowest BCUT2D eigenvalue weighted by molar-refractivity contribution is 0.406. The molecule has 0 rings (SSSR count). The highest BCUT2D eigenvalue weighted by molar-refractivity contribution is 5.04. The highest BCUT2D eigenvalue weighted by Gasteiger charge is 2.05. The van der Waals surface area contributed by atoms with E-state index in [4.69, 9.17) is 6.42 Å². The van der Waals surface area contributed by atoms with Crippen LogP contribution in [0.25, 0.3) is 0 Å². The first-order valence-corrected chi connectivity index (χ1v) is 9.18. The fraction of sp³-hybridized carbons (Fsp3) is 0.727. The van der Waals surface area contributed by atoms with Crippen molar-refractivity contribution in [3.63, 3.8) is 0 Å². The quantitative estimate of drug-likeness (QED) is 0.262. The smallest absolute Gasteiger partial charge is 0.0269 e. The first kappa shape index (κ1) is 21.0. The SMILES string of the molecule is C#CCC=C(C)CCCC(C)CCCC(C)CCC=C(C)C. The van der Waals surface area contributed by atoms with Crippen LogP contribution in [0.1, 0.15) is 92.4 Å². The van der Waals surface area contributed by atoms with Crippen LogP contribution in [0.2, 0.25) is 0 Å². The highest BCUT2D eigenvalue weighted by Crippen LogP contribution is 2.21. The van der Waals surface area contributed by atoms with Crippen LogP contribution >= 0.6 is 0 Å². The number of terminal acetylenes is 1. The van der Waals surface area contributed by atoms with E-state index in [0.717, 1.165) is 18.3 Å². The van der Waals surface area contributed by atoms with Crippen molar-refractivity contribution in [3.8, 4) is 12.3 Å². The van der Waals surface area contributed by atoms with Crippen molar-refractivity contribution in [3.05, 3.63) is 23.3 Å². The first-order valence-electron chi connectivity index (χ1n) is 9.18. The summed E-state index contributed by atoms with van der Waals surface area (Å²) < 4.78 is 0. The molecule has 0 fully saturated rings. The average Bonchev–Trinajstić information content (AvgIpc) is 2.44. The van der Waals surface area contributed by atoms with Gasteiger partial charge in [0.1, 0.15) is 0 Å². The first-order chi connectivity index (χ1) is 10.5. The maximum Gasteiger partial charge on any atom is 0.0269 e. The summed E-state index contributed by atoms with van der Waals surface area (Å²) in [6.07, 6.45) is 21.3. The Morgan fingerprint density at radius 1 is 0.909 bits per heavy atom. The van der Waals surface area contributed by atoms with Gasteiger partial charge < -0.3 is 0 Å². The lowest BCUT2D eigenvalue weighted by Gasteiger charge is -2.14. The van der Waals surface area contributed by atoms with E-state index in [2.05, 4.69) is 52.7 Å². The molecule has 0 heteroatoms. The Labute approximate surface area is 140 Å². The fourth-order valence-corrected chi connectivity index (χ4v) is 2.82. The van der Waals surface area contributed by atoms with Crippen LogP contribution in [-0.2, 0) is 0 Å². The molecule has 0 aliphatic rings.